The Bertz CT molecular complexity index is 1980. The molecule has 1 atom stereocenters. The average Bonchev–Trinajstić information content (AvgIpc) is 3.43. The van der Waals surface area contributed by atoms with Crippen LogP contribution in [0.25, 0.3) is 16.9 Å². The van der Waals surface area contributed by atoms with Crippen molar-refractivity contribution in [3.63, 3.8) is 0 Å². The van der Waals surface area contributed by atoms with Gasteiger partial charge < -0.3 is 43.7 Å². The van der Waals surface area contributed by atoms with Crippen LogP contribution in [0, 0.1) is 0 Å². The van der Waals surface area contributed by atoms with Crippen molar-refractivity contribution in [3.8, 4) is 11.6 Å². The molecule has 16 nitrogen and oxygen atoms in total. The molecule has 1 aromatic carbocycles. The minimum absolute atomic E-state index is 0.0159. The summed E-state index contributed by atoms with van der Waals surface area (Å²) in [6.45, 7) is 14.6. The number of nitrogens with zero attached hydrogens (tertiary/aromatic N) is 7. The molecule has 296 valence electrons. The molecule has 3 aromatic heterocycles. The number of rotatable bonds is 17. The van der Waals surface area contributed by atoms with Crippen LogP contribution in [0.15, 0.2) is 54.0 Å². The number of methoxy groups -OCH3 is 1. The van der Waals surface area contributed by atoms with Gasteiger partial charge in [-0.1, -0.05) is 6.08 Å². The number of hydrogen-bond donors (Lipinski definition) is 2. The Labute approximate surface area is 320 Å². The molecule has 3 aliphatic rings. The molecule has 3 aliphatic heterocycles. The van der Waals surface area contributed by atoms with E-state index in [0.717, 1.165) is 82.2 Å². The van der Waals surface area contributed by atoms with Crippen molar-refractivity contribution in [1.29, 1.82) is 0 Å². The van der Waals surface area contributed by atoms with Gasteiger partial charge in [0.1, 0.15) is 16.7 Å². The smallest absolute Gasteiger partial charge is 0.278 e. The molecule has 0 bridgehead atoms. The van der Waals surface area contributed by atoms with Crippen LogP contribution in [-0.2, 0) is 42.4 Å². The minimum Gasteiger partial charge on any atom is -0.467 e. The first kappa shape index (κ1) is 38.8. The number of allylic oxidation sites excluding steroid dienone is 1. The van der Waals surface area contributed by atoms with Gasteiger partial charge in [0.2, 0.25) is 5.95 Å². The highest BCUT2D eigenvalue weighted by Gasteiger charge is 2.30. The highest BCUT2D eigenvalue weighted by Crippen LogP contribution is 2.30. The van der Waals surface area contributed by atoms with Crippen LogP contribution in [0.3, 0.4) is 0 Å². The fraction of sp³-hybridized carbons (Fsp3) is 0.538. The first-order valence-electron chi connectivity index (χ1n) is 19.0. The molecule has 3 fully saturated rings. The Morgan fingerprint density at radius 2 is 1.93 bits per heavy atom. The fourth-order valence-electron chi connectivity index (χ4n) is 6.97. The number of aromatic nitrogens is 5. The molecule has 55 heavy (non-hydrogen) atoms. The maximum absolute atomic E-state index is 13.7. The normalized spacial score (nSPS) is 18.4. The van der Waals surface area contributed by atoms with Gasteiger partial charge in [-0.05, 0) is 51.3 Å². The predicted molar refractivity (Wildman–Crippen MR) is 206 cm³/mol. The number of pyridine rings is 1. The van der Waals surface area contributed by atoms with Gasteiger partial charge in [0.25, 0.3) is 5.56 Å². The maximum atomic E-state index is 13.7. The number of benzene rings is 1. The zero-order chi connectivity index (χ0) is 38.4. The SMILES string of the molecule is C=CCn1c(=O)c2cnc(Nc3ccc(N4CCN(C5COC5)CC4)c(COCCOC4CCCCO4)c3)nc2n1-c1cc(OCOC)cc(C(C)(C)O)n1. The average molecular weight is 761 g/mol. The van der Waals surface area contributed by atoms with Gasteiger partial charge in [0.15, 0.2) is 24.5 Å². The lowest BCUT2D eigenvalue weighted by Crippen LogP contribution is -2.56. The standard InChI is InChI=1S/C39H52N8O8/c1-5-11-46-37(48)31-22-40-38(43-36(31)47(46)34-21-30(55-26-50-4)20-33(42-34)39(2,3)49)41-28-9-10-32(45-14-12-44(13-15-45)29-24-52-25-29)27(19-28)23-51-17-18-54-35-8-6-7-16-53-35/h5,9-10,19-22,29,35,49H,1,6-8,11-18,23-26H2,2-4H3,(H,40,41,43). The Hall–Kier alpha value is -4.42. The van der Waals surface area contributed by atoms with E-state index in [1.807, 2.05) is 6.07 Å². The lowest BCUT2D eigenvalue weighted by atomic mass is 10.0. The summed E-state index contributed by atoms with van der Waals surface area (Å²) in [5, 5.41) is 14.6. The van der Waals surface area contributed by atoms with Gasteiger partial charge in [-0.2, -0.15) is 4.98 Å². The number of fused-ring (bicyclic) bond motifs is 1. The van der Waals surface area contributed by atoms with E-state index in [2.05, 4.69) is 38.8 Å². The molecule has 0 saturated carbocycles. The molecule has 0 radical (unpaired) electrons. The van der Waals surface area contributed by atoms with Crippen LogP contribution >= 0.6 is 0 Å². The quantitative estimate of drug-likeness (QED) is 0.0912. The monoisotopic (exact) mass is 760 g/mol. The van der Waals surface area contributed by atoms with Gasteiger partial charge in [0.05, 0.1) is 51.3 Å². The van der Waals surface area contributed by atoms with E-state index in [0.29, 0.717) is 54.2 Å². The highest BCUT2D eigenvalue weighted by atomic mass is 16.7. The molecule has 7 rings (SSSR count). The summed E-state index contributed by atoms with van der Waals surface area (Å²) >= 11 is 0. The largest absolute Gasteiger partial charge is 0.467 e. The molecule has 3 saturated heterocycles. The van der Waals surface area contributed by atoms with Crippen LogP contribution in [0.1, 0.15) is 44.4 Å². The Morgan fingerprint density at radius 1 is 1.09 bits per heavy atom. The Balaban J connectivity index is 1.16. The first-order valence-corrected chi connectivity index (χ1v) is 19.0. The van der Waals surface area contributed by atoms with Gasteiger partial charge in [0, 0.05) is 75.2 Å². The molecule has 16 heteroatoms. The molecule has 0 spiro atoms. The van der Waals surface area contributed by atoms with E-state index in [1.54, 1.807) is 36.7 Å². The second-order valence-corrected chi connectivity index (χ2v) is 14.5. The lowest BCUT2D eigenvalue weighted by molar-refractivity contribution is -0.169. The molecule has 0 aliphatic carbocycles. The zero-order valence-electron chi connectivity index (χ0n) is 31.9. The van der Waals surface area contributed by atoms with E-state index in [-0.39, 0.29) is 31.1 Å². The molecule has 4 aromatic rings. The first-order chi connectivity index (χ1) is 26.7. The third-order valence-electron chi connectivity index (χ3n) is 10.0. The topological polar surface area (TPSA) is 160 Å². The van der Waals surface area contributed by atoms with Gasteiger partial charge in [-0.25, -0.2) is 19.3 Å². The summed E-state index contributed by atoms with van der Waals surface area (Å²) in [6, 6.07) is 9.99. The fourth-order valence-corrected chi connectivity index (χ4v) is 6.97. The van der Waals surface area contributed by atoms with Crippen molar-refractivity contribution in [3.05, 3.63) is 70.8 Å². The number of aliphatic hydroxyl groups is 1. The van der Waals surface area contributed by atoms with E-state index < -0.39 is 5.60 Å². The van der Waals surface area contributed by atoms with Gasteiger partial charge in [-0.15, -0.1) is 6.58 Å². The summed E-state index contributed by atoms with van der Waals surface area (Å²) in [5.41, 5.74) is 1.93. The van der Waals surface area contributed by atoms with Crippen LogP contribution in [0.4, 0.5) is 17.3 Å². The van der Waals surface area contributed by atoms with Crippen LogP contribution in [0.2, 0.25) is 0 Å². The lowest BCUT2D eigenvalue weighted by Gasteiger charge is -2.43. The van der Waals surface area contributed by atoms with E-state index in [9.17, 15) is 9.90 Å². The molecule has 0 amide bonds. The number of ether oxygens (including phenoxy) is 6. The van der Waals surface area contributed by atoms with Crippen molar-refractivity contribution < 1.29 is 33.5 Å². The number of hydrogen-bond acceptors (Lipinski definition) is 14. The summed E-state index contributed by atoms with van der Waals surface area (Å²) in [7, 11) is 1.52. The van der Waals surface area contributed by atoms with Gasteiger partial charge in [-0.3, -0.25) is 9.69 Å². The van der Waals surface area contributed by atoms with Crippen molar-refractivity contribution in [2.45, 2.75) is 64.2 Å². The van der Waals surface area contributed by atoms with Crippen molar-refractivity contribution >= 4 is 28.4 Å². The van der Waals surface area contributed by atoms with Gasteiger partial charge >= 0.3 is 0 Å². The van der Waals surface area contributed by atoms with E-state index in [4.69, 9.17) is 38.4 Å². The van der Waals surface area contributed by atoms with Crippen molar-refractivity contribution in [1.82, 2.24) is 29.2 Å². The minimum atomic E-state index is -1.31. The summed E-state index contributed by atoms with van der Waals surface area (Å²) in [5.74, 6) is 0.999. The molecule has 2 N–H and O–H groups in total. The van der Waals surface area contributed by atoms with Crippen LogP contribution < -0.4 is 20.5 Å². The molecule has 6 heterocycles. The van der Waals surface area contributed by atoms with E-state index >= 15 is 0 Å². The second-order valence-electron chi connectivity index (χ2n) is 14.5. The predicted octanol–water partition coefficient (Wildman–Crippen LogP) is 3.70. The van der Waals surface area contributed by atoms with Crippen LogP contribution in [0.5, 0.6) is 5.75 Å². The summed E-state index contributed by atoms with van der Waals surface area (Å²) in [4.78, 5) is 32.7. The van der Waals surface area contributed by atoms with Crippen LogP contribution in [-0.4, -0.2) is 120 Å². The number of nitrogens with one attached hydrogen (secondary N) is 1. The molecule has 1 unspecified atom stereocenters. The van der Waals surface area contributed by atoms with Crippen molar-refractivity contribution in [2.75, 3.05) is 83.3 Å². The third kappa shape index (κ3) is 9.18. The van der Waals surface area contributed by atoms with E-state index in [1.165, 1.54) is 18.0 Å². The molecular weight excluding hydrogens is 708 g/mol. The second kappa shape index (κ2) is 17.6. The number of piperazine rings is 1. The third-order valence-corrected chi connectivity index (χ3v) is 10.0. The maximum Gasteiger partial charge on any atom is 0.278 e. The van der Waals surface area contributed by atoms with Crippen molar-refractivity contribution in [2.24, 2.45) is 0 Å². The zero-order valence-corrected chi connectivity index (χ0v) is 31.9. The highest BCUT2D eigenvalue weighted by molar-refractivity contribution is 5.77. The molecular formula is C39H52N8O8. The summed E-state index contributed by atoms with van der Waals surface area (Å²) in [6.07, 6.45) is 6.06. The Morgan fingerprint density at radius 3 is 2.64 bits per heavy atom. The summed E-state index contributed by atoms with van der Waals surface area (Å²) < 4.78 is 37.2. The number of anilines is 3. The Kier molecular flexibility index (Phi) is 12.4.